The van der Waals surface area contributed by atoms with Crippen LogP contribution in [0.1, 0.15) is 26.2 Å². The van der Waals surface area contributed by atoms with Crippen LogP contribution in [0.15, 0.2) is 0 Å². The Labute approximate surface area is 72.1 Å². The minimum atomic E-state index is -0.797. The van der Waals surface area contributed by atoms with Crippen molar-refractivity contribution in [2.75, 3.05) is 7.11 Å². The quantitative estimate of drug-likeness (QED) is 0.605. The molecular weight excluding hydrogens is 158 g/mol. The van der Waals surface area contributed by atoms with Gasteiger partial charge in [-0.25, -0.2) is 0 Å². The van der Waals surface area contributed by atoms with Gasteiger partial charge in [0, 0.05) is 12.8 Å². The summed E-state index contributed by atoms with van der Waals surface area (Å²) in [5, 5.41) is 0. The summed E-state index contributed by atoms with van der Waals surface area (Å²) >= 11 is 0. The van der Waals surface area contributed by atoms with Crippen LogP contribution >= 0.6 is 0 Å². The number of hydrogen-bond donors (Lipinski definition) is 1. The van der Waals surface area contributed by atoms with Crippen LogP contribution in [0.2, 0.25) is 0 Å². The third kappa shape index (κ3) is 4.08. The predicted molar refractivity (Wildman–Crippen MR) is 44.5 cm³/mol. The second-order valence-corrected chi connectivity index (χ2v) is 2.62. The Morgan fingerprint density at radius 1 is 1.50 bits per heavy atom. The molecule has 12 heavy (non-hydrogen) atoms. The molecule has 0 radical (unpaired) electrons. The smallest absolute Gasteiger partial charge is 0.323 e. The molecule has 0 amide bonds. The molecule has 0 aromatic carbocycles. The van der Waals surface area contributed by atoms with E-state index in [-0.39, 0.29) is 12.2 Å². The first kappa shape index (κ1) is 11.1. The lowest BCUT2D eigenvalue weighted by Crippen LogP contribution is -2.33. The molecule has 0 heterocycles. The number of ketones is 1. The van der Waals surface area contributed by atoms with Crippen LogP contribution in [-0.2, 0) is 14.3 Å². The van der Waals surface area contributed by atoms with Crippen LogP contribution in [0.4, 0.5) is 0 Å². The lowest BCUT2D eigenvalue weighted by molar-refractivity contribution is -0.143. The molecule has 0 bridgehead atoms. The zero-order chi connectivity index (χ0) is 9.56. The van der Waals surface area contributed by atoms with Gasteiger partial charge >= 0.3 is 5.97 Å². The minimum Gasteiger partial charge on any atom is -0.468 e. The summed E-state index contributed by atoms with van der Waals surface area (Å²) in [6.07, 6.45) is 1.35. The van der Waals surface area contributed by atoms with Crippen molar-refractivity contribution >= 4 is 11.8 Å². The summed E-state index contributed by atoms with van der Waals surface area (Å²) < 4.78 is 4.37. The fourth-order valence-corrected chi connectivity index (χ4v) is 0.861. The molecular formula is C8H15NO3. The van der Waals surface area contributed by atoms with E-state index in [0.717, 1.165) is 6.42 Å². The van der Waals surface area contributed by atoms with Gasteiger partial charge in [0.1, 0.15) is 11.8 Å². The van der Waals surface area contributed by atoms with Gasteiger partial charge in [-0.15, -0.1) is 0 Å². The maximum Gasteiger partial charge on any atom is 0.323 e. The molecule has 1 atom stereocenters. The molecule has 0 saturated carbocycles. The van der Waals surface area contributed by atoms with E-state index in [1.165, 1.54) is 7.11 Å². The number of rotatable bonds is 5. The van der Waals surface area contributed by atoms with Crippen molar-refractivity contribution in [3.8, 4) is 0 Å². The Hall–Kier alpha value is -0.900. The summed E-state index contributed by atoms with van der Waals surface area (Å²) in [5.41, 5.74) is 5.36. The normalized spacial score (nSPS) is 12.2. The number of carbonyl (C=O) groups is 2. The molecule has 0 aliphatic carbocycles. The van der Waals surface area contributed by atoms with Crippen LogP contribution < -0.4 is 5.73 Å². The molecule has 0 spiro atoms. The van der Waals surface area contributed by atoms with E-state index in [2.05, 4.69) is 4.74 Å². The van der Waals surface area contributed by atoms with Gasteiger partial charge in [0.15, 0.2) is 0 Å². The van der Waals surface area contributed by atoms with Gasteiger partial charge in [0.05, 0.1) is 7.11 Å². The van der Waals surface area contributed by atoms with E-state index in [1.54, 1.807) is 0 Å². The van der Waals surface area contributed by atoms with Crippen molar-refractivity contribution in [3.63, 3.8) is 0 Å². The van der Waals surface area contributed by atoms with Crippen LogP contribution in [0.5, 0.6) is 0 Å². The number of ether oxygens (including phenoxy) is 1. The summed E-state index contributed by atoms with van der Waals surface area (Å²) in [4.78, 5) is 21.7. The molecule has 0 rings (SSSR count). The lowest BCUT2D eigenvalue weighted by atomic mass is 10.1. The molecule has 2 N–H and O–H groups in total. The number of methoxy groups -OCH3 is 1. The van der Waals surface area contributed by atoms with Crippen molar-refractivity contribution in [3.05, 3.63) is 0 Å². The number of Topliss-reactive ketones (excluding diaryl/α,β-unsaturated/α-hetero) is 1. The first-order valence-corrected chi connectivity index (χ1v) is 3.97. The van der Waals surface area contributed by atoms with Crippen molar-refractivity contribution in [2.24, 2.45) is 5.73 Å². The van der Waals surface area contributed by atoms with Crippen LogP contribution in [0.25, 0.3) is 0 Å². The molecule has 4 nitrogen and oxygen atoms in total. The monoisotopic (exact) mass is 173 g/mol. The zero-order valence-electron chi connectivity index (χ0n) is 7.50. The van der Waals surface area contributed by atoms with Gasteiger partial charge in [-0.3, -0.25) is 9.59 Å². The molecule has 70 valence electrons. The number of hydrogen-bond acceptors (Lipinski definition) is 4. The number of esters is 1. The van der Waals surface area contributed by atoms with E-state index >= 15 is 0 Å². The Morgan fingerprint density at radius 2 is 2.08 bits per heavy atom. The third-order valence-corrected chi connectivity index (χ3v) is 1.48. The highest BCUT2D eigenvalue weighted by atomic mass is 16.5. The first-order valence-electron chi connectivity index (χ1n) is 3.97. The van der Waals surface area contributed by atoms with Gasteiger partial charge in [-0.1, -0.05) is 6.92 Å². The van der Waals surface area contributed by atoms with Crippen LogP contribution in [-0.4, -0.2) is 24.9 Å². The SMILES string of the molecule is CCCC(=O)CC(N)C(=O)OC. The molecule has 0 fully saturated rings. The van der Waals surface area contributed by atoms with E-state index in [4.69, 9.17) is 5.73 Å². The zero-order valence-corrected chi connectivity index (χ0v) is 7.50. The standard InChI is InChI=1S/C8H15NO3/c1-3-4-6(10)5-7(9)8(11)12-2/h7H,3-5,9H2,1-2H3. The van der Waals surface area contributed by atoms with Gasteiger partial charge in [0.25, 0.3) is 0 Å². The fraction of sp³-hybridized carbons (Fsp3) is 0.750. The number of carbonyl (C=O) groups excluding carboxylic acids is 2. The highest BCUT2D eigenvalue weighted by molar-refractivity contribution is 5.86. The lowest BCUT2D eigenvalue weighted by Gasteiger charge is -2.06. The minimum absolute atomic E-state index is 0.00963. The first-order chi connectivity index (χ1) is 5.61. The maximum absolute atomic E-state index is 11.0. The maximum atomic E-state index is 11.0. The van der Waals surface area contributed by atoms with Crippen LogP contribution in [0.3, 0.4) is 0 Å². The summed E-state index contributed by atoms with van der Waals surface area (Å²) in [5.74, 6) is -0.519. The molecule has 0 aromatic rings. The number of nitrogens with two attached hydrogens (primary N) is 1. The van der Waals surface area contributed by atoms with Crippen molar-refractivity contribution < 1.29 is 14.3 Å². The molecule has 0 saturated heterocycles. The average molecular weight is 173 g/mol. The third-order valence-electron chi connectivity index (χ3n) is 1.48. The predicted octanol–water partition coefficient (Wildman–Crippen LogP) is 0.246. The Bertz CT molecular complexity index is 168. The Balaban J connectivity index is 3.75. The van der Waals surface area contributed by atoms with E-state index in [0.29, 0.717) is 6.42 Å². The van der Waals surface area contributed by atoms with Crippen molar-refractivity contribution in [1.82, 2.24) is 0 Å². The summed E-state index contributed by atoms with van der Waals surface area (Å²) in [6.45, 7) is 1.90. The molecule has 0 aliphatic heterocycles. The molecule has 0 aromatic heterocycles. The fourth-order valence-electron chi connectivity index (χ4n) is 0.861. The summed E-state index contributed by atoms with van der Waals surface area (Å²) in [6, 6.07) is -0.797. The van der Waals surface area contributed by atoms with Crippen molar-refractivity contribution in [1.29, 1.82) is 0 Å². The van der Waals surface area contributed by atoms with Gasteiger partial charge in [0.2, 0.25) is 0 Å². The molecule has 0 aliphatic rings. The Morgan fingerprint density at radius 3 is 2.50 bits per heavy atom. The van der Waals surface area contributed by atoms with Gasteiger partial charge in [-0.05, 0) is 6.42 Å². The largest absolute Gasteiger partial charge is 0.468 e. The van der Waals surface area contributed by atoms with E-state index in [9.17, 15) is 9.59 Å². The highest BCUT2D eigenvalue weighted by Gasteiger charge is 2.16. The Kier molecular flexibility index (Phi) is 5.28. The van der Waals surface area contributed by atoms with Crippen molar-refractivity contribution in [2.45, 2.75) is 32.2 Å². The summed E-state index contributed by atoms with van der Waals surface area (Å²) in [7, 11) is 1.26. The van der Waals surface area contributed by atoms with E-state index < -0.39 is 12.0 Å². The molecule has 1 unspecified atom stereocenters. The topological polar surface area (TPSA) is 69.4 Å². The second kappa shape index (κ2) is 5.71. The average Bonchev–Trinajstić information content (AvgIpc) is 2.03. The van der Waals surface area contributed by atoms with E-state index in [1.807, 2.05) is 6.92 Å². The second-order valence-electron chi connectivity index (χ2n) is 2.62. The molecule has 4 heteroatoms. The van der Waals surface area contributed by atoms with Gasteiger partial charge in [-0.2, -0.15) is 0 Å². The highest BCUT2D eigenvalue weighted by Crippen LogP contribution is 1.98. The van der Waals surface area contributed by atoms with Gasteiger partial charge < -0.3 is 10.5 Å². The van der Waals surface area contributed by atoms with Crippen LogP contribution in [0, 0.1) is 0 Å².